The summed E-state index contributed by atoms with van der Waals surface area (Å²) in [5.74, 6) is 0. The zero-order chi connectivity index (χ0) is 16.5. The van der Waals surface area contributed by atoms with Gasteiger partial charge in [0.15, 0.2) is 0 Å². The van der Waals surface area contributed by atoms with Crippen LogP contribution in [0, 0.1) is 0 Å². The van der Waals surface area contributed by atoms with Gasteiger partial charge >= 0.3 is 0 Å². The highest BCUT2D eigenvalue weighted by Crippen LogP contribution is 2.58. The average Bonchev–Trinajstić information content (AvgIpc) is 3.25. The lowest BCUT2D eigenvalue weighted by Crippen LogP contribution is -1.77. The summed E-state index contributed by atoms with van der Waals surface area (Å²) in [5, 5.41) is 5.98. The summed E-state index contributed by atoms with van der Waals surface area (Å²) in [6.07, 6.45) is 0. The molecule has 0 nitrogen and oxygen atoms in total. The van der Waals surface area contributed by atoms with Gasteiger partial charge in [0, 0.05) is 19.9 Å². The van der Waals surface area contributed by atoms with Crippen LogP contribution in [0.2, 0.25) is 10.0 Å². The van der Waals surface area contributed by atoms with E-state index in [-0.39, 0.29) is 0 Å². The van der Waals surface area contributed by atoms with Crippen LogP contribution in [0.5, 0.6) is 0 Å². The quantitative estimate of drug-likeness (QED) is 0.474. The number of hydrogen-bond acceptors (Lipinski definition) is 4. The smallest absolute Gasteiger partial charge is 0.0700 e. The van der Waals surface area contributed by atoms with Crippen molar-refractivity contribution in [2.45, 2.75) is 0 Å². The summed E-state index contributed by atoms with van der Waals surface area (Å²) >= 11 is 19.2. The molecule has 2 aliphatic rings. The first-order chi connectivity index (χ1) is 11.7. The summed E-state index contributed by atoms with van der Waals surface area (Å²) in [5.41, 5.74) is 2.43. The first-order valence-corrected chi connectivity index (χ1v) is 11.2. The van der Waals surface area contributed by atoms with Crippen molar-refractivity contribution < 1.29 is 0 Å². The number of halogens is 2. The van der Waals surface area contributed by atoms with Crippen molar-refractivity contribution in [3.05, 3.63) is 89.0 Å². The van der Waals surface area contributed by atoms with Crippen LogP contribution in [0.3, 0.4) is 0 Å². The maximum atomic E-state index is 5.97. The van der Waals surface area contributed by atoms with E-state index in [0.717, 1.165) is 10.0 Å². The molecule has 2 aromatic rings. The van der Waals surface area contributed by atoms with E-state index < -0.39 is 0 Å². The fourth-order valence-corrected chi connectivity index (χ4v) is 7.35. The minimum atomic E-state index is 0.771. The minimum Gasteiger partial charge on any atom is -0.0878 e. The average molecular weight is 425 g/mol. The van der Waals surface area contributed by atoms with Gasteiger partial charge in [-0.15, -0.1) is 0 Å². The third-order valence-electron chi connectivity index (χ3n) is 3.38. The number of benzene rings is 2. The fraction of sp³-hybridized carbons (Fsp3) is 0. The molecule has 0 fully saturated rings. The third kappa shape index (κ3) is 3.74. The Kier molecular flexibility index (Phi) is 5.32. The van der Waals surface area contributed by atoms with Crippen molar-refractivity contribution >= 4 is 80.1 Å². The molecule has 0 saturated carbocycles. The van der Waals surface area contributed by atoms with Crippen molar-refractivity contribution in [1.29, 1.82) is 0 Å². The zero-order valence-electron chi connectivity index (χ0n) is 12.2. The molecule has 0 aliphatic carbocycles. The van der Waals surface area contributed by atoms with Gasteiger partial charge in [0.1, 0.15) is 0 Å². The molecule has 6 heteroatoms. The van der Waals surface area contributed by atoms with Gasteiger partial charge in [-0.2, -0.15) is 0 Å². The van der Waals surface area contributed by atoms with Crippen LogP contribution < -0.4 is 0 Å². The fourth-order valence-electron chi connectivity index (χ4n) is 2.17. The van der Waals surface area contributed by atoms with Crippen molar-refractivity contribution in [3.8, 4) is 0 Å². The molecule has 0 radical (unpaired) electrons. The Morgan fingerprint density at radius 3 is 1.29 bits per heavy atom. The van der Waals surface area contributed by atoms with E-state index in [0.29, 0.717) is 0 Å². The van der Waals surface area contributed by atoms with Gasteiger partial charge in [0.25, 0.3) is 0 Å². The van der Waals surface area contributed by atoms with E-state index >= 15 is 0 Å². The summed E-state index contributed by atoms with van der Waals surface area (Å²) in [4.78, 5) is 2.56. The normalized spacial score (nSPS) is 20.2. The van der Waals surface area contributed by atoms with E-state index in [1.54, 1.807) is 23.5 Å². The first kappa shape index (κ1) is 17.1. The standard InChI is InChI=1S/C18H10Cl2S4/c19-13-5-1-11(2-6-13)15-9-21-17(23-15)18-22-10-16(24-18)12-3-7-14(20)8-4-12/h1-10H. The number of thioether (sulfide) groups is 4. The number of rotatable bonds is 2. The second-order valence-corrected chi connectivity index (χ2v) is 10.2. The zero-order valence-corrected chi connectivity index (χ0v) is 16.9. The Balaban J connectivity index is 1.48. The van der Waals surface area contributed by atoms with Crippen LogP contribution in [-0.2, 0) is 0 Å². The summed E-state index contributed by atoms with van der Waals surface area (Å²) in [6, 6.07) is 16.0. The lowest BCUT2D eigenvalue weighted by Gasteiger charge is -2.05. The van der Waals surface area contributed by atoms with E-state index in [2.05, 4.69) is 35.1 Å². The van der Waals surface area contributed by atoms with Crippen molar-refractivity contribution in [2.75, 3.05) is 0 Å². The van der Waals surface area contributed by atoms with Crippen molar-refractivity contribution in [2.24, 2.45) is 0 Å². The Hall–Kier alpha value is -0.360. The molecule has 0 spiro atoms. The van der Waals surface area contributed by atoms with Gasteiger partial charge in [-0.05, 0) is 46.2 Å². The SMILES string of the molecule is Clc1ccc(C2=CSC(=C3SC=C(c4ccc(Cl)cc4)S3)S2)cc1. The molecule has 0 saturated heterocycles. The Labute approximate surface area is 168 Å². The molecule has 0 N–H and O–H groups in total. The predicted octanol–water partition coefficient (Wildman–Crippen LogP) is 8.38. The Morgan fingerprint density at radius 1 is 0.542 bits per heavy atom. The highest BCUT2D eigenvalue weighted by Gasteiger charge is 2.23. The molecule has 0 amide bonds. The highest BCUT2D eigenvalue weighted by molar-refractivity contribution is 8.36. The molecule has 2 aliphatic heterocycles. The van der Waals surface area contributed by atoms with Gasteiger partial charge < -0.3 is 0 Å². The van der Waals surface area contributed by atoms with Crippen molar-refractivity contribution in [3.63, 3.8) is 0 Å². The first-order valence-electron chi connectivity index (χ1n) is 7.04. The Bertz CT molecular complexity index is 791. The molecule has 0 aromatic heterocycles. The van der Waals surface area contributed by atoms with Gasteiger partial charge in [-0.3, -0.25) is 0 Å². The van der Waals surface area contributed by atoms with Crippen LogP contribution in [0.4, 0.5) is 0 Å². The van der Waals surface area contributed by atoms with Crippen LogP contribution in [0.1, 0.15) is 11.1 Å². The second kappa shape index (κ2) is 7.48. The molecule has 0 bridgehead atoms. The van der Waals surface area contributed by atoms with Gasteiger partial charge in [0.05, 0.1) is 8.47 Å². The van der Waals surface area contributed by atoms with E-state index in [1.807, 2.05) is 47.8 Å². The second-order valence-electron chi connectivity index (χ2n) is 4.99. The maximum absolute atomic E-state index is 5.97. The van der Waals surface area contributed by atoms with E-state index in [4.69, 9.17) is 23.2 Å². The van der Waals surface area contributed by atoms with Crippen LogP contribution >= 0.6 is 70.2 Å². The lowest BCUT2D eigenvalue weighted by atomic mass is 10.2. The topological polar surface area (TPSA) is 0 Å². The van der Waals surface area contributed by atoms with E-state index in [1.165, 1.54) is 29.4 Å². The third-order valence-corrected chi connectivity index (χ3v) is 9.24. The van der Waals surface area contributed by atoms with Gasteiger partial charge in [-0.1, -0.05) is 94.5 Å². The van der Waals surface area contributed by atoms with Crippen LogP contribution in [0.25, 0.3) is 9.81 Å². The molecule has 120 valence electrons. The van der Waals surface area contributed by atoms with Crippen LogP contribution in [-0.4, -0.2) is 0 Å². The predicted molar refractivity (Wildman–Crippen MR) is 116 cm³/mol. The van der Waals surface area contributed by atoms with Gasteiger partial charge in [-0.25, -0.2) is 0 Å². The summed E-state index contributed by atoms with van der Waals surface area (Å²) in [7, 11) is 0. The summed E-state index contributed by atoms with van der Waals surface area (Å²) < 4.78 is 2.69. The molecular weight excluding hydrogens is 415 g/mol. The molecular formula is C18H10Cl2S4. The summed E-state index contributed by atoms with van der Waals surface area (Å²) in [6.45, 7) is 0. The van der Waals surface area contributed by atoms with E-state index in [9.17, 15) is 0 Å². The molecule has 4 rings (SSSR count). The largest absolute Gasteiger partial charge is 0.0878 e. The van der Waals surface area contributed by atoms with Crippen LogP contribution in [0.15, 0.2) is 67.8 Å². The Morgan fingerprint density at radius 2 is 0.917 bits per heavy atom. The monoisotopic (exact) mass is 424 g/mol. The highest BCUT2D eigenvalue weighted by atomic mass is 35.5. The van der Waals surface area contributed by atoms with Gasteiger partial charge in [0.2, 0.25) is 0 Å². The molecule has 24 heavy (non-hydrogen) atoms. The maximum Gasteiger partial charge on any atom is 0.0700 e. The molecule has 2 heterocycles. The molecule has 0 unspecified atom stereocenters. The van der Waals surface area contributed by atoms with Crippen molar-refractivity contribution in [1.82, 2.24) is 0 Å². The minimum absolute atomic E-state index is 0.771. The molecule has 0 atom stereocenters. The molecule has 2 aromatic carbocycles. The lowest BCUT2D eigenvalue weighted by molar-refractivity contribution is 1.65. The number of hydrogen-bond donors (Lipinski definition) is 0.